The molecule has 2 N–H and O–H groups in total. The monoisotopic (exact) mass is 272 g/mol. The summed E-state index contributed by atoms with van der Waals surface area (Å²) in [7, 11) is 1.89. The summed E-state index contributed by atoms with van der Waals surface area (Å²) < 4.78 is 0. The Hall–Kier alpha value is -1.10. The molecule has 5 heteroatoms. The lowest BCUT2D eigenvalue weighted by atomic mass is 9.98. The maximum Gasteiger partial charge on any atom is 0.326 e. The lowest BCUT2D eigenvalue weighted by Crippen LogP contribution is -2.57. The number of hydrogen-bond acceptors (Lipinski definition) is 3. The second kappa shape index (κ2) is 7.48. The summed E-state index contributed by atoms with van der Waals surface area (Å²) in [5, 5.41) is 11.7. The molecule has 0 bridgehead atoms. The summed E-state index contributed by atoms with van der Waals surface area (Å²) in [6.07, 6.45) is 2.07. The zero-order valence-electron chi connectivity index (χ0n) is 13.0. The Morgan fingerprint density at radius 3 is 2.21 bits per heavy atom. The molecular weight excluding hydrogens is 244 g/mol. The molecule has 0 aromatic rings. The smallest absolute Gasteiger partial charge is 0.326 e. The number of carbonyl (C=O) groups excluding carboxylic acids is 1. The Morgan fingerprint density at radius 2 is 1.84 bits per heavy atom. The Kier molecular flexibility index (Phi) is 7.05. The van der Waals surface area contributed by atoms with E-state index in [0.29, 0.717) is 0 Å². The molecule has 0 saturated carbocycles. The van der Waals surface area contributed by atoms with E-state index in [2.05, 4.69) is 12.2 Å². The number of unbranched alkanes of at least 4 members (excludes halogenated alkanes) is 1. The van der Waals surface area contributed by atoms with E-state index >= 15 is 0 Å². The van der Waals surface area contributed by atoms with E-state index in [9.17, 15) is 9.59 Å². The van der Waals surface area contributed by atoms with Crippen LogP contribution in [0.5, 0.6) is 0 Å². The Morgan fingerprint density at radius 1 is 1.32 bits per heavy atom. The number of nitrogens with one attached hydrogen (secondary N) is 1. The standard InChI is InChI=1S/C14H28N2O3/c1-7-8-9-16(6)14(4,5)13(19)15-11(10(2)3)12(17)18/h10-11H,7-9H2,1-6H3,(H,15,19)(H,17,18). The van der Waals surface area contributed by atoms with Crippen LogP contribution in [0.25, 0.3) is 0 Å². The first-order valence-electron chi connectivity index (χ1n) is 6.89. The lowest BCUT2D eigenvalue weighted by molar-refractivity contribution is -0.145. The van der Waals surface area contributed by atoms with E-state index < -0.39 is 17.6 Å². The molecule has 0 saturated heterocycles. The number of aliphatic carboxylic acids is 1. The van der Waals surface area contributed by atoms with Gasteiger partial charge < -0.3 is 10.4 Å². The quantitative estimate of drug-likeness (QED) is 0.706. The van der Waals surface area contributed by atoms with Crippen molar-refractivity contribution >= 4 is 11.9 Å². The Labute approximate surface area is 116 Å². The first kappa shape index (κ1) is 17.9. The van der Waals surface area contributed by atoms with Crippen LogP contribution >= 0.6 is 0 Å². The maximum atomic E-state index is 12.3. The molecule has 1 atom stereocenters. The van der Waals surface area contributed by atoms with Gasteiger partial charge in [0.1, 0.15) is 6.04 Å². The highest BCUT2D eigenvalue weighted by Crippen LogP contribution is 2.15. The fourth-order valence-electron chi connectivity index (χ4n) is 1.68. The highest BCUT2D eigenvalue weighted by Gasteiger charge is 2.35. The van der Waals surface area contributed by atoms with Gasteiger partial charge in [0.15, 0.2) is 0 Å². The molecule has 19 heavy (non-hydrogen) atoms. The zero-order valence-corrected chi connectivity index (χ0v) is 13.0. The summed E-state index contributed by atoms with van der Waals surface area (Å²) in [4.78, 5) is 25.4. The third kappa shape index (κ3) is 5.19. The van der Waals surface area contributed by atoms with Crippen LogP contribution in [-0.2, 0) is 9.59 Å². The van der Waals surface area contributed by atoms with Gasteiger partial charge in [0.05, 0.1) is 5.54 Å². The van der Waals surface area contributed by atoms with Gasteiger partial charge in [-0.2, -0.15) is 0 Å². The van der Waals surface area contributed by atoms with Crippen molar-refractivity contribution in [2.45, 2.75) is 59.0 Å². The van der Waals surface area contributed by atoms with Crippen LogP contribution in [0.3, 0.4) is 0 Å². The fraction of sp³-hybridized carbons (Fsp3) is 0.857. The lowest BCUT2D eigenvalue weighted by Gasteiger charge is -2.35. The van der Waals surface area contributed by atoms with Crippen molar-refractivity contribution in [2.75, 3.05) is 13.6 Å². The van der Waals surface area contributed by atoms with Gasteiger partial charge in [-0.05, 0) is 39.8 Å². The Bertz CT molecular complexity index is 314. The topological polar surface area (TPSA) is 69.6 Å². The molecule has 0 aliphatic carbocycles. The molecule has 0 heterocycles. The summed E-state index contributed by atoms with van der Waals surface area (Å²) in [5.41, 5.74) is -0.711. The number of carbonyl (C=O) groups is 2. The van der Waals surface area contributed by atoms with Crippen LogP contribution in [0.1, 0.15) is 47.5 Å². The molecule has 0 rings (SSSR count). The van der Waals surface area contributed by atoms with Gasteiger partial charge in [-0.1, -0.05) is 27.2 Å². The number of nitrogens with zero attached hydrogens (tertiary/aromatic N) is 1. The summed E-state index contributed by atoms with van der Waals surface area (Å²) in [6, 6.07) is -0.841. The minimum absolute atomic E-state index is 0.141. The van der Waals surface area contributed by atoms with Gasteiger partial charge in [-0.3, -0.25) is 9.69 Å². The number of hydrogen-bond donors (Lipinski definition) is 2. The van der Waals surface area contributed by atoms with Gasteiger partial charge in [-0.15, -0.1) is 0 Å². The molecule has 0 radical (unpaired) electrons. The molecule has 0 aromatic heterocycles. The predicted molar refractivity (Wildman–Crippen MR) is 76.0 cm³/mol. The van der Waals surface area contributed by atoms with Gasteiger partial charge in [0, 0.05) is 0 Å². The van der Waals surface area contributed by atoms with Crippen LogP contribution < -0.4 is 5.32 Å². The SMILES string of the molecule is CCCCN(C)C(C)(C)C(=O)NC(C(=O)O)C(C)C. The summed E-state index contributed by atoms with van der Waals surface area (Å²) in [6.45, 7) is 10.1. The molecule has 1 amide bonds. The first-order valence-corrected chi connectivity index (χ1v) is 6.89. The summed E-state index contributed by atoms with van der Waals surface area (Å²) in [5.74, 6) is -1.37. The third-order valence-electron chi connectivity index (χ3n) is 3.58. The van der Waals surface area contributed by atoms with Gasteiger partial charge in [-0.25, -0.2) is 4.79 Å². The number of carboxylic acid groups (broad SMARTS) is 1. The molecule has 0 fully saturated rings. The summed E-state index contributed by atoms with van der Waals surface area (Å²) >= 11 is 0. The van der Waals surface area contributed by atoms with Crippen molar-refractivity contribution < 1.29 is 14.7 Å². The van der Waals surface area contributed by atoms with Gasteiger partial charge in [0.2, 0.25) is 5.91 Å². The van der Waals surface area contributed by atoms with E-state index in [1.54, 1.807) is 13.8 Å². The second-order valence-corrected chi connectivity index (χ2v) is 5.87. The third-order valence-corrected chi connectivity index (χ3v) is 3.58. The van der Waals surface area contributed by atoms with E-state index in [4.69, 9.17) is 5.11 Å². The highest BCUT2D eigenvalue weighted by molar-refractivity contribution is 5.89. The largest absolute Gasteiger partial charge is 0.480 e. The van der Waals surface area contributed by atoms with Crippen LogP contribution in [0.4, 0.5) is 0 Å². The van der Waals surface area contributed by atoms with Crippen molar-refractivity contribution in [1.82, 2.24) is 10.2 Å². The van der Waals surface area contributed by atoms with E-state index in [-0.39, 0.29) is 11.8 Å². The van der Waals surface area contributed by atoms with Crippen molar-refractivity contribution in [3.63, 3.8) is 0 Å². The number of rotatable bonds is 8. The van der Waals surface area contributed by atoms with Crippen LogP contribution in [0.15, 0.2) is 0 Å². The van der Waals surface area contributed by atoms with E-state index in [0.717, 1.165) is 19.4 Å². The van der Waals surface area contributed by atoms with Crippen LogP contribution in [0.2, 0.25) is 0 Å². The molecule has 0 aliphatic heterocycles. The molecular formula is C14H28N2O3. The molecule has 112 valence electrons. The van der Waals surface area contributed by atoms with E-state index in [1.807, 2.05) is 25.8 Å². The van der Waals surface area contributed by atoms with Gasteiger partial charge in [0.25, 0.3) is 0 Å². The second-order valence-electron chi connectivity index (χ2n) is 5.87. The van der Waals surface area contributed by atoms with E-state index in [1.165, 1.54) is 0 Å². The molecule has 5 nitrogen and oxygen atoms in total. The minimum atomic E-state index is -0.990. The average Bonchev–Trinajstić information content (AvgIpc) is 2.31. The normalized spacial score (nSPS) is 13.7. The predicted octanol–water partition coefficient (Wildman–Crippen LogP) is 1.72. The van der Waals surface area contributed by atoms with Gasteiger partial charge >= 0.3 is 5.97 Å². The average molecular weight is 272 g/mol. The maximum absolute atomic E-state index is 12.3. The molecule has 0 spiro atoms. The molecule has 1 unspecified atom stereocenters. The first-order chi connectivity index (χ1) is 8.64. The molecule has 0 aromatic carbocycles. The molecule has 0 aliphatic rings. The highest BCUT2D eigenvalue weighted by atomic mass is 16.4. The van der Waals surface area contributed by atoms with Crippen molar-refractivity contribution in [1.29, 1.82) is 0 Å². The fourth-order valence-corrected chi connectivity index (χ4v) is 1.68. The van der Waals surface area contributed by atoms with Crippen LogP contribution in [0, 0.1) is 5.92 Å². The number of carboxylic acids is 1. The zero-order chi connectivity index (χ0) is 15.2. The Balaban J connectivity index is 4.73. The van der Waals surface area contributed by atoms with Crippen LogP contribution in [-0.4, -0.2) is 47.1 Å². The van der Waals surface area contributed by atoms with Crippen molar-refractivity contribution in [3.8, 4) is 0 Å². The van der Waals surface area contributed by atoms with Crippen molar-refractivity contribution in [3.05, 3.63) is 0 Å². The van der Waals surface area contributed by atoms with Crippen molar-refractivity contribution in [2.24, 2.45) is 5.92 Å². The number of amides is 1. The number of likely N-dealkylation sites (N-methyl/N-ethyl adjacent to an activating group) is 1. The minimum Gasteiger partial charge on any atom is -0.480 e.